The Bertz CT molecular complexity index is 887. The van der Waals surface area contributed by atoms with Crippen molar-refractivity contribution in [3.8, 4) is 11.5 Å². The van der Waals surface area contributed by atoms with Crippen LogP contribution in [-0.4, -0.2) is 38.9 Å². The lowest BCUT2D eigenvalue weighted by Crippen LogP contribution is -2.52. The summed E-state index contributed by atoms with van der Waals surface area (Å²) < 4.78 is 7.79. The van der Waals surface area contributed by atoms with Gasteiger partial charge in [0.15, 0.2) is 0 Å². The van der Waals surface area contributed by atoms with Crippen LogP contribution in [-0.2, 0) is 4.79 Å². The molecule has 0 radical (unpaired) electrons. The summed E-state index contributed by atoms with van der Waals surface area (Å²) in [5.41, 5.74) is 1.85. The second-order valence-corrected chi connectivity index (χ2v) is 6.39. The van der Waals surface area contributed by atoms with E-state index in [4.69, 9.17) is 4.74 Å². The predicted octanol–water partition coefficient (Wildman–Crippen LogP) is 2.60. The molecule has 0 saturated carbocycles. The highest BCUT2D eigenvalue weighted by molar-refractivity contribution is 5.90. The maximum Gasteiger partial charge on any atom is 0.235 e. The third-order valence-electron chi connectivity index (χ3n) is 4.92. The smallest absolute Gasteiger partial charge is 0.235 e. The molecule has 0 N–H and O–H groups in total. The summed E-state index contributed by atoms with van der Waals surface area (Å²) in [4.78, 5) is 15.1. The molecule has 2 aromatic carbocycles. The molecule has 124 valence electrons. The van der Waals surface area contributed by atoms with Gasteiger partial charge in [-0.25, -0.2) is 4.68 Å². The van der Waals surface area contributed by atoms with Crippen molar-refractivity contribution in [2.75, 3.05) is 13.1 Å². The first-order valence-electron chi connectivity index (χ1n) is 8.31. The summed E-state index contributed by atoms with van der Waals surface area (Å²) in [6.07, 6.45) is 3.50. The number of nitrogens with zero attached hydrogens (tertiary/aromatic N) is 4. The first-order chi connectivity index (χ1) is 12.3. The highest BCUT2D eigenvalue weighted by atomic mass is 16.5. The van der Waals surface area contributed by atoms with Crippen molar-refractivity contribution in [3.05, 3.63) is 72.1 Å². The molecule has 6 heteroatoms. The summed E-state index contributed by atoms with van der Waals surface area (Å²) >= 11 is 0. The van der Waals surface area contributed by atoms with E-state index in [0.717, 1.165) is 22.6 Å². The van der Waals surface area contributed by atoms with E-state index in [1.807, 2.05) is 64.3 Å². The number of carbonyl (C=O) groups is 1. The highest BCUT2D eigenvalue weighted by Crippen LogP contribution is 2.45. The van der Waals surface area contributed by atoms with Crippen LogP contribution in [0.4, 0.5) is 0 Å². The van der Waals surface area contributed by atoms with Crippen molar-refractivity contribution in [1.82, 2.24) is 19.9 Å². The van der Waals surface area contributed by atoms with Crippen LogP contribution in [0, 0.1) is 0 Å². The van der Waals surface area contributed by atoms with Gasteiger partial charge in [-0.1, -0.05) is 41.6 Å². The number of fused-ring (bicyclic) bond motifs is 2. The van der Waals surface area contributed by atoms with Crippen LogP contribution < -0.4 is 4.74 Å². The van der Waals surface area contributed by atoms with Crippen LogP contribution in [0.3, 0.4) is 0 Å². The molecule has 3 heterocycles. The minimum atomic E-state index is -0.321. The van der Waals surface area contributed by atoms with E-state index >= 15 is 0 Å². The Labute approximate surface area is 144 Å². The second-order valence-electron chi connectivity index (χ2n) is 6.39. The Hall–Kier alpha value is -3.15. The monoisotopic (exact) mass is 332 g/mol. The molecule has 1 amide bonds. The van der Waals surface area contributed by atoms with Gasteiger partial charge >= 0.3 is 0 Å². The number of amides is 1. The Morgan fingerprint density at radius 3 is 2.24 bits per heavy atom. The first-order valence-corrected chi connectivity index (χ1v) is 8.31. The number of para-hydroxylation sites is 2. The summed E-state index contributed by atoms with van der Waals surface area (Å²) in [6, 6.07) is 15.7. The predicted molar refractivity (Wildman–Crippen MR) is 90.4 cm³/mol. The van der Waals surface area contributed by atoms with Crippen molar-refractivity contribution in [2.45, 2.75) is 12.0 Å². The molecule has 0 aliphatic carbocycles. The molecule has 1 fully saturated rings. The number of benzene rings is 2. The van der Waals surface area contributed by atoms with Crippen molar-refractivity contribution < 1.29 is 9.53 Å². The van der Waals surface area contributed by atoms with Crippen LogP contribution in [0.15, 0.2) is 60.9 Å². The van der Waals surface area contributed by atoms with Crippen molar-refractivity contribution in [1.29, 1.82) is 0 Å². The molecule has 5 rings (SSSR count). The quantitative estimate of drug-likeness (QED) is 0.724. The molecular formula is C19H16N4O2. The normalized spacial score (nSPS) is 16.6. The zero-order valence-corrected chi connectivity index (χ0v) is 13.4. The topological polar surface area (TPSA) is 60.2 Å². The molecule has 0 atom stereocenters. The largest absolute Gasteiger partial charge is 0.457 e. The fourth-order valence-electron chi connectivity index (χ4n) is 3.57. The molecule has 3 aromatic rings. The number of ether oxygens (including phenoxy) is 1. The molecule has 25 heavy (non-hydrogen) atoms. The molecule has 1 aromatic heterocycles. The molecular weight excluding hydrogens is 316 g/mol. The Morgan fingerprint density at radius 1 is 1.00 bits per heavy atom. The molecule has 1 saturated heterocycles. The third kappa shape index (κ3) is 2.21. The number of likely N-dealkylation sites (tertiary alicyclic amines) is 1. The van der Waals surface area contributed by atoms with E-state index in [9.17, 15) is 4.79 Å². The Kier molecular flexibility index (Phi) is 3.09. The first kappa shape index (κ1) is 14.2. The van der Waals surface area contributed by atoms with Gasteiger partial charge < -0.3 is 9.64 Å². The fraction of sp³-hybridized carbons (Fsp3) is 0.211. The lowest BCUT2D eigenvalue weighted by molar-refractivity contribution is -0.138. The van der Waals surface area contributed by atoms with Crippen LogP contribution in [0.5, 0.6) is 11.5 Å². The Balaban J connectivity index is 1.46. The van der Waals surface area contributed by atoms with Gasteiger partial charge in [0.1, 0.15) is 11.5 Å². The van der Waals surface area contributed by atoms with E-state index in [-0.39, 0.29) is 17.9 Å². The number of aromatic nitrogens is 3. The zero-order chi connectivity index (χ0) is 16.8. The van der Waals surface area contributed by atoms with E-state index in [1.165, 1.54) is 0 Å². The molecule has 6 nitrogen and oxygen atoms in total. The van der Waals surface area contributed by atoms with Crippen molar-refractivity contribution in [3.63, 3.8) is 0 Å². The van der Waals surface area contributed by atoms with Gasteiger partial charge in [-0.2, -0.15) is 0 Å². The van der Waals surface area contributed by atoms with Gasteiger partial charge in [0.25, 0.3) is 0 Å². The van der Waals surface area contributed by atoms with Crippen LogP contribution in [0.1, 0.15) is 23.1 Å². The Morgan fingerprint density at radius 2 is 1.64 bits per heavy atom. The minimum absolute atomic E-state index is 0.111. The standard InChI is InChI=1S/C19H16N4O2/c24-19(22-11-13(12-22)23-10-9-20-21-23)18-14-5-1-3-7-16(14)25-17-8-4-2-6-15(17)18/h1-10,13,18H,11-12H2. The summed E-state index contributed by atoms with van der Waals surface area (Å²) in [5.74, 6) is 1.30. The summed E-state index contributed by atoms with van der Waals surface area (Å²) in [5, 5.41) is 7.86. The fourth-order valence-corrected chi connectivity index (χ4v) is 3.57. The van der Waals surface area contributed by atoms with Crippen molar-refractivity contribution in [2.24, 2.45) is 0 Å². The molecule has 0 spiro atoms. The summed E-state index contributed by atoms with van der Waals surface area (Å²) in [6.45, 7) is 1.31. The third-order valence-corrected chi connectivity index (χ3v) is 4.92. The van der Waals surface area contributed by atoms with E-state index in [2.05, 4.69) is 10.3 Å². The molecule has 2 aliphatic heterocycles. The van der Waals surface area contributed by atoms with Crippen LogP contribution >= 0.6 is 0 Å². The number of carbonyl (C=O) groups excluding carboxylic acids is 1. The summed E-state index contributed by atoms with van der Waals surface area (Å²) in [7, 11) is 0. The van der Waals surface area contributed by atoms with Crippen molar-refractivity contribution >= 4 is 5.91 Å². The molecule has 0 unspecified atom stereocenters. The average Bonchev–Trinajstić information content (AvgIpc) is 3.12. The van der Waals surface area contributed by atoms with Crippen LogP contribution in [0.25, 0.3) is 0 Å². The SMILES string of the molecule is O=C(C1c2ccccc2Oc2ccccc21)N1CC(n2ccnn2)C1. The van der Waals surface area contributed by atoms with Gasteiger partial charge in [-0.3, -0.25) is 4.79 Å². The maximum atomic E-state index is 13.2. The molecule has 0 bridgehead atoms. The van der Waals surface area contributed by atoms with Gasteiger partial charge in [-0.05, 0) is 12.1 Å². The number of rotatable bonds is 2. The zero-order valence-electron chi connectivity index (χ0n) is 13.4. The van der Waals surface area contributed by atoms with Gasteiger partial charge in [0, 0.05) is 30.4 Å². The lowest BCUT2D eigenvalue weighted by Gasteiger charge is -2.41. The van der Waals surface area contributed by atoms with Gasteiger partial charge in [0.2, 0.25) is 5.91 Å². The minimum Gasteiger partial charge on any atom is -0.457 e. The number of hydrogen-bond donors (Lipinski definition) is 0. The van der Waals surface area contributed by atoms with E-state index in [1.54, 1.807) is 6.20 Å². The van der Waals surface area contributed by atoms with Gasteiger partial charge in [0.05, 0.1) is 18.2 Å². The maximum absolute atomic E-state index is 13.2. The highest BCUT2D eigenvalue weighted by Gasteiger charge is 2.40. The number of hydrogen-bond acceptors (Lipinski definition) is 4. The lowest BCUT2D eigenvalue weighted by atomic mass is 9.86. The molecule has 2 aliphatic rings. The van der Waals surface area contributed by atoms with Crippen LogP contribution in [0.2, 0.25) is 0 Å². The van der Waals surface area contributed by atoms with E-state index in [0.29, 0.717) is 13.1 Å². The van der Waals surface area contributed by atoms with Gasteiger partial charge in [-0.15, -0.1) is 5.10 Å². The second kappa shape index (κ2) is 5.44. The average molecular weight is 332 g/mol. The van der Waals surface area contributed by atoms with E-state index < -0.39 is 0 Å².